The number of aromatic nitrogens is 3. The zero-order chi connectivity index (χ0) is 13.4. The van der Waals surface area contributed by atoms with E-state index in [2.05, 4.69) is 5.10 Å². The van der Waals surface area contributed by atoms with Gasteiger partial charge in [0, 0.05) is 19.8 Å². The van der Waals surface area contributed by atoms with Gasteiger partial charge in [0.15, 0.2) is 0 Å². The predicted molar refractivity (Wildman–Crippen MR) is 74.4 cm³/mol. The molecule has 0 aliphatic heterocycles. The van der Waals surface area contributed by atoms with E-state index >= 15 is 0 Å². The first kappa shape index (κ1) is 11.5. The van der Waals surface area contributed by atoms with Gasteiger partial charge in [-0.2, -0.15) is 0 Å². The van der Waals surface area contributed by atoms with Crippen LogP contribution in [-0.2, 0) is 0 Å². The molecule has 19 heavy (non-hydrogen) atoms. The molecule has 3 rings (SSSR count). The Bertz CT molecular complexity index is 716. The molecule has 0 unspecified atom stereocenters. The first-order chi connectivity index (χ1) is 9.16. The molecule has 0 aliphatic carbocycles. The van der Waals surface area contributed by atoms with Crippen molar-refractivity contribution in [3.63, 3.8) is 0 Å². The lowest BCUT2D eigenvalue weighted by molar-refractivity contribution is -0.664. The summed E-state index contributed by atoms with van der Waals surface area (Å²) < 4.78 is 0. The molecule has 5 heteroatoms. The highest BCUT2D eigenvalue weighted by Crippen LogP contribution is 2.15. The van der Waals surface area contributed by atoms with Crippen molar-refractivity contribution in [1.29, 1.82) is 0 Å². The molecule has 0 radical (unpaired) electrons. The standard InChI is InChI=1S/C14H14N4O/c1-16(2)11-7-9-12(10-8-11)17-15-13-5-3-4-6-14(13)18(17)19/h3-10H,1-2H3. The largest absolute Gasteiger partial charge is 0.692 e. The Balaban J connectivity index is 2.11. The van der Waals surface area contributed by atoms with Crippen molar-refractivity contribution in [2.45, 2.75) is 0 Å². The smallest absolute Gasteiger partial charge is 0.250 e. The van der Waals surface area contributed by atoms with E-state index in [0.717, 1.165) is 16.2 Å². The molecule has 0 saturated heterocycles. The minimum atomic E-state index is 0.569. The molecule has 5 nitrogen and oxygen atoms in total. The monoisotopic (exact) mass is 254 g/mol. The van der Waals surface area contributed by atoms with Gasteiger partial charge in [0.25, 0.3) is 0 Å². The molecule has 1 aromatic heterocycles. The van der Waals surface area contributed by atoms with Crippen LogP contribution in [0.3, 0.4) is 0 Å². The van der Waals surface area contributed by atoms with Crippen LogP contribution in [0.2, 0.25) is 0 Å². The average Bonchev–Trinajstić information content (AvgIpc) is 2.77. The second kappa shape index (κ2) is 4.28. The van der Waals surface area contributed by atoms with E-state index in [4.69, 9.17) is 0 Å². The van der Waals surface area contributed by atoms with Gasteiger partial charge in [0.05, 0.1) is 5.10 Å². The van der Waals surface area contributed by atoms with E-state index in [9.17, 15) is 5.21 Å². The van der Waals surface area contributed by atoms with E-state index in [1.54, 1.807) is 6.07 Å². The third-order valence-corrected chi connectivity index (χ3v) is 3.06. The number of anilines is 1. The lowest BCUT2D eigenvalue weighted by atomic mass is 10.3. The summed E-state index contributed by atoms with van der Waals surface area (Å²) in [6.45, 7) is 0. The summed E-state index contributed by atoms with van der Waals surface area (Å²) in [5.41, 5.74) is 3.09. The number of benzene rings is 2. The molecule has 0 amide bonds. The van der Waals surface area contributed by atoms with Crippen LogP contribution < -0.4 is 9.75 Å². The Hall–Kier alpha value is -2.56. The van der Waals surface area contributed by atoms with E-state index in [-0.39, 0.29) is 0 Å². The lowest BCUT2D eigenvalue weighted by Gasteiger charge is -2.12. The zero-order valence-electron chi connectivity index (χ0n) is 10.8. The van der Waals surface area contributed by atoms with E-state index in [0.29, 0.717) is 11.0 Å². The fourth-order valence-electron chi connectivity index (χ4n) is 2.00. The molecular weight excluding hydrogens is 240 g/mol. The van der Waals surface area contributed by atoms with Crippen LogP contribution in [-0.4, -0.2) is 24.0 Å². The summed E-state index contributed by atoms with van der Waals surface area (Å²) in [6, 6.07) is 15.0. The van der Waals surface area contributed by atoms with Gasteiger partial charge in [-0.3, -0.25) is 0 Å². The summed E-state index contributed by atoms with van der Waals surface area (Å²) >= 11 is 0. The fraction of sp³-hybridized carbons (Fsp3) is 0.143. The Morgan fingerprint density at radius 2 is 1.74 bits per heavy atom. The minimum absolute atomic E-state index is 0.569. The van der Waals surface area contributed by atoms with Gasteiger partial charge >= 0.3 is 0 Å². The summed E-state index contributed by atoms with van der Waals surface area (Å²) in [7, 11) is 3.95. The molecule has 0 saturated carbocycles. The predicted octanol–water partition coefficient (Wildman–Crippen LogP) is 1.72. The number of rotatable bonds is 2. The fourth-order valence-corrected chi connectivity index (χ4v) is 2.00. The molecule has 0 bridgehead atoms. The maximum atomic E-state index is 12.2. The summed E-state index contributed by atoms with van der Waals surface area (Å²) in [5.74, 6) is 0. The van der Waals surface area contributed by atoms with Crippen molar-refractivity contribution >= 4 is 16.7 Å². The van der Waals surface area contributed by atoms with Gasteiger partial charge in [0.1, 0.15) is 5.69 Å². The maximum absolute atomic E-state index is 12.2. The minimum Gasteiger partial charge on any atom is -0.692 e. The molecule has 3 aromatic rings. The van der Waals surface area contributed by atoms with Crippen LogP contribution in [0.4, 0.5) is 5.69 Å². The summed E-state index contributed by atoms with van der Waals surface area (Å²) in [6.07, 6.45) is 0. The van der Waals surface area contributed by atoms with E-state index < -0.39 is 0 Å². The van der Waals surface area contributed by atoms with Crippen LogP contribution in [0, 0.1) is 5.21 Å². The third-order valence-electron chi connectivity index (χ3n) is 3.06. The average molecular weight is 254 g/mol. The highest BCUT2D eigenvalue weighted by Gasteiger charge is 2.14. The van der Waals surface area contributed by atoms with Crippen molar-refractivity contribution in [3.8, 4) is 5.69 Å². The Kier molecular flexibility index (Phi) is 2.59. The van der Waals surface area contributed by atoms with Crippen molar-refractivity contribution in [3.05, 3.63) is 53.7 Å². The first-order valence-corrected chi connectivity index (χ1v) is 6.02. The third kappa shape index (κ3) is 1.89. The highest BCUT2D eigenvalue weighted by molar-refractivity contribution is 5.70. The summed E-state index contributed by atoms with van der Waals surface area (Å²) in [4.78, 5) is 4.18. The van der Waals surface area contributed by atoms with Crippen LogP contribution in [0.15, 0.2) is 48.5 Å². The van der Waals surface area contributed by atoms with Crippen LogP contribution >= 0.6 is 0 Å². The molecule has 0 fully saturated rings. The zero-order valence-corrected chi connectivity index (χ0v) is 10.8. The quantitative estimate of drug-likeness (QED) is 0.517. The summed E-state index contributed by atoms with van der Waals surface area (Å²) in [5, 5.41) is 16.5. The molecule has 0 N–H and O–H groups in total. The van der Waals surface area contributed by atoms with Gasteiger partial charge in [-0.1, -0.05) is 12.1 Å². The van der Waals surface area contributed by atoms with Crippen LogP contribution in [0.25, 0.3) is 16.7 Å². The highest BCUT2D eigenvalue weighted by atomic mass is 16.5. The second-order valence-electron chi connectivity index (χ2n) is 4.56. The molecule has 0 spiro atoms. The van der Waals surface area contributed by atoms with Gasteiger partial charge in [-0.25, -0.2) is 0 Å². The van der Waals surface area contributed by atoms with Crippen LogP contribution in [0.1, 0.15) is 0 Å². The van der Waals surface area contributed by atoms with Crippen molar-refractivity contribution in [1.82, 2.24) is 9.90 Å². The Morgan fingerprint density at radius 1 is 1.05 bits per heavy atom. The molecule has 2 aromatic carbocycles. The van der Waals surface area contributed by atoms with Crippen LogP contribution in [0.5, 0.6) is 0 Å². The lowest BCUT2D eigenvalue weighted by Crippen LogP contribution is -2.37. The van der Waals surface area contributed by atoms with Gasteiger partial charge in [-0.05, 0) is 41.2 Å². The van der Waals surface area contributed by atoms with Gasteiger partial charge in [-0.15, -0.1) is 4.85 Å². The topological polar surface area (TPSA) is 48.0 Å². The van der Waals surface area contributed by atoms with Gasteiger partial charge in [0.2, 0.25) is 11.0 Å². The molecule has 0 aliphatic rings. The molecule has 1 heterocycles. The number of para-hydroxylation sites is 1. The van der Waals surface area contributed by atoms with Crippen molar-refractivity contribution in [2.24, 2.45) is 0 Å². The maximum Gasteiger partial charge on any atom is 0.250 e. The normalized spacial score (nSPS) is 10.8. The molecule has 96 valence electrons. The first-order valence-electron chi connectivity index (χ1n) is 6.02. The number of fused-ring (bicyclic) bond motifs is 1. The molecule has 0 atom stereocenters. The number of hydrogen-bond donors (Lipinski definition) is 0. The Labute approximate surface area is 110 Å². The SMILES string of the molecule is CN(C)c1ccc(-n2nc3ccccc3[n+]2[O-])cc1. The number of nitrogens with zero attached hydrogens (tertiary/aromatic N) is 4. The number of hydrogen-bond acceptors (Lipinski definition) is 3. The van der Waals surface area contributed by atoms with E-state index in [1.807, 2.05) is 61.5 Å². The second-order valence-corrected chi connectivity index (χ2v) is 4.56. The van der Waals surface area contributed by atoms with Crippen molar-refractivity contribution in [2.75, 3.05) is 19.0 Å². The Morgan fingerprint density at radius 3 is 2.37 bits per heavy atom. The van der Waals surface area contributed by atoms with Gasteiger partial charge < -0.3 is 10.1 Å². The van der Waals surface area contributed by atoms with E-state index in [1.165, 1.54) is 4.80 Å². The molecular formula is C14H14N4O. The van der Waals surface area contributed by atoms with Crippen molar-refractivity contribution < 1.29 is 4.85 Å².